The van der Waals surface area contributed by atoms with Crippen LogP contribution in [-0.4, -0.2) is 51.9 Å². The van der Waals surface area contributed by atoms with Crippen LogP contribution in [-0.2, 0) is 9.59 Å². The van der Waals surface area contributed by atoms with Crippen LogP contribution in [0, 0.1) is 0 Å². The molecule has 10 heteroatoms. The molecule has 1 aromatic rings. The Morgan fingerprint density at radius 1 is 0.857 bits per heavy atom. The number of likely N-dealkylation sites (N-methyl/N-ethyl adjacent to an activating group) is 2. The number of carbonyl (C=O) groups is 2. The SMILES string of the molecule is CN(NC(=O)C(N=Nc1ccccc1)C(=O)NN(C)C(=S)C1=CC=CCC1)C(=S)C1=CC=CCC1. The number of thiocarbonyl (C=S) groups is 2. The number of carbonyl (C=O) groups excluding carboxylic acids is 2. The molecule has 3 rings (SSSR count). The maximum absolute atomic E-state index is 13.1. The van der Waals surface area contributed by atoms with Gasteiger partial charge in [0.25, 0.3) is 11.8 Å². The number of allylic oxidation sites excluding steroid dienone is 6. The van der Waals surface area contributed by atoms with E-state index in [4.69, 9.17) is 24.4 Å². The largest absolute Gasteiger partial charge is 0.278 e. The molecule has 35 heavy (non-hydrogen) atoms. The predicted octanol–water partition coefficient (Wildman–Crippen LogP) is 4.27. The summed E-state index contributed by atoms with van der Waals surface area (Å²) in [6, 6.07) is 7.41. The van der Waals surface area contributed by atoms with Gasteiger partial charge in [-0.1, -0.05) is 79.1 Å². The summed E-state index contributed by atoms with van der Waals surface area (Å²) in [7, 11) is 3.26. The van der Waals surface area contributed by atoms with E-state index in [2.05, 4.69) is 33.2 Å². The van der Waals surface area contributed by atoms with Crippen LogP contribution in [0.3, 0.4) is 0 Å². The quantitative estimate of drug-likeness (QED) is 0.258. The van der Waals surface area contributed by atoms with Crippen molar-refractivity contribution in [2.24, 2.45) is 10.2 Å². The Hall–Kier alpha value is -3.50. The van der Waals surface area contributed by atoms with E-state index in [0.717, 1.165) is 36.8 Å². The Balaban J connectivity index is 1.74. The molecule has 0 spiro atoms. The van der Waals surface area contributed by atoms with Crippen molar-refractivity contribution in [2.75, 3.05) is 14.1 Å². The molecule has 0 bridgehead atoms. The van der Waals surface area contributed by atoms with Gasteiger partial charge in [0.05, 0.1) is 5.69 Å². The molecule has 0 unspecified atom stereocenters. The standard InChI is InChI=1S/C25H28N6O2S2/c1-30(24(34)18-12-6-3-7-13-18)28-22(32)21(27-26-20-16-10-5-11-17-20)23(33)29-31(2)25(35)19-14-8-4-9-15-19/h3-6,8,10-12,14,16-17,21H,7,9,13,15H2,1-2H3,(H,28,32)(H,29,33). The lowest BCUT2D eigenvalue weighted by Crippen LogP contribution is -2.54. The Bertz CT molecular complexity index is 1060. The monoisotopic (exact) mass is 508 g/mol. The van der Waals surface area contributed by atoms with Crippen molar-refractivity contribution in [1.29, 1.82) is 0 Å². The van der Waals surface area contributed by atoms with Crippen LogP contribution in [0.15, 0.2) is 88.2 Å². The number of hydrogen-bond acceptors (Lipinski definition) is 6. The highest BCUT2D eigenvalue weighted by Crippen LogP contribution is 2.17. The summed E-state index contributed by atoms with van der Waals surface area (Å²) in [6.45, 7) is 0. The van der Waals surface area contributed by atoms with Crippen molar-refractivity contribution in [3.05, 3.63) is 77.9 Å². The number of nitrogens with one attached hydrogen (secondary N) is 2. The van der Waals surface area contributed by atoms with E-state index in [-0.39, 0.29) is 0 Å². The van der Waals surface area contributed by atoms with Crippen molar-refractivity contribution >= 4 is 51.9 Å². The number of benzene rings is 1. The molecule has 2 aliphatic carbocycles. The normalized spacial score (nSPS) is 14.8. The average Bonchev–Trinajstić information content (AvgIpc) is 2.89. The summed E-state index contributed by atoms with van der Waals surface area (Å²) < 4.78 is 0. The second kappa shape index (κ2) is 12.8. The van der Waals surface area contributed by atoms with Gasteiger partial charge in [-0.2, -0.15) is 10.2 Å². The van der Waals surface area contributed by atoms with Gasteiger partial charge in [0.1, 0.15) is 9.98 Å². The van der Waals surface area contributed by atoms with Crippen LogP contribution in [0.5, 0.6) is 0 Å². The average molecular weight is 509 g/mol. The zero-order chi connectivity index (χ0) is 25.2. The lowest BCUT2D eigenvalue weighted by atomic mass is 10.1. The first-order chi connectivity index (χ1) is 16.9. The number of amides is 2. The van der Waals surface area contributed by atoms with Crippen LogP contribution in [0.4, 0.5) is 5.69 Å². The molecule has 2 N–H and O–H groups in total. The molecular weight excluding hydrogens is 480 g/mol. The topological polar surface area (TPSA) is 89.4 Å². The number of rotatable bonds is 6. The van der Waals surface area contributed by atoms with Gasteiger partial charge in [0, 0.05) is 14.1 Å². The molecule has 0 saturated carbocycles. The molecule has 182 valence electrons. The summed E-state index contributed by atoms with van der Waals surface area (Å²) in [5.41, 5.74) is 7.70. The smallest absolute Gasteiger partial charge is 0.275 e. The van der Waals surface area contributed by atoms with Crippen molar-refractivity contribution < 1.29 is 9.59 Å². The first kappa shape index (κ1) is 26.1. The minimum atomic E-state index is -1.47. The molecule has 0 heterocycles. The number of hydrazine groups is 2. The van der Waals surface area contributed by atoms with Crippen LogP contribution in [0.25, 0.3) is 0 Å². The predicted molar refractivity (Wildman–Crippen MR) is 145 cm³/mol. The molecule has 1 aromatic carbocycles. The first-order valence-corrected chi connectivity index (χ1v) is 12.0. The fraction of sp³-hybridized carbons (Fsp3) is 0.280. The van der Waals surface area contributed by atoms with Gasteiger partial charge in [-0.15, -0.1) is 0 Å². The summed E-state index contributed by atoms with van der Waals surface area (Å²) in [6.07, 6.45) is 15.1. The van der Waals surface area contributed by atoms with Crippen molar-refractivity contribution in [1.82, 2.24) is 20.9 Å². The minimum absolute atomic E-state index is 0.470. The van der Waals surface area contributed by atoms with Crippen molar-refractivity contribution in [2.45, 2.75) is 31.7 Å². The summed E-state index contributed by atoms with van der Waals surface area (Å²) in [5, 5.41) is 11.0. The van der Waals surface area contributed by atoms with Crippen LogP contribution in [0.1, 0.15) is 25.7 Å². The molecule has 0 aromatic heterocycles. The molecule has 0 saturated heterocycles. The number of hydrogen-bond donors (Lipinski definition) is 2. The third-order valence-electron chi connectivity index (χ3n) is 5.28. The molecule has 0 atom stereocenters. The Labute approximate surface area is 216 Å². The molecular formula is C25H28N6O2S2. The van der Waals surface area contributed by atoms with Crippen molar-refractivity contribution in [3.63, 3.8) is 0 Å². The zero-order valence-electron chi connectivity index (χ0n) is 19.7. The zero-order valence-corrected chi connectivity index (χ0v) is 21.3. The van der Waals surface area contributed by atoms with Gasteiger partial charge in [0.2, 0.25) is 6.04 Å². The highest BCUT2D eigenvalue weighted by atomic mass is 32.1. The maximum Gasteiger partial charge on any atom is 0.275 e. The van der Waals surface area contributed by atoms with E-state index in [0.29, 0.717) is 15.7 Å². The van der Waals surface area contributed by atoms with E-state index >= 15 is 0 Å². The molecule has 0 fully saturated rings. The van der Waals surface area contributed by atoms with Crippen LogP contribution >= 0.6 is 24.4 Å². The third-order valence-corrected chi connectivity index (χ3v) is 6.36. The maximum atomic E-state index is 13.1. The molecule has 2 amide bonds. The Morgan fingerprint density at radius 2 is 1.34 bits per heavy atom. The highest BCUT2D eigenvalue weighted by Gasteiger charge is 2.30. The van der Waals surface area contributed by atoms with Gasteiger partial charge >= 0.3 is 0 Å². The summed E-state index contributed by atoms with van der Waals surface area (Å²) >= 11 is 11.0. The second-order valence-electron chi connectivity index (χ2n) is 7.95. The Morgan fingerprint density at radius 3 is 1.77 bits per heavy atom. The van der Waals surface area contributed by atoms with E-state index in [1.165, 1.54) is 10.0 Å². The minimum Gasteiger partial charge on any atom is -0.278 e. The van der Waals surface area contributed by atoms with Crippen molar-refractivity contribution in [3.8, 4) is 0 Å². The highest BCUT2D eigenvalue weighted by molar-refractivity contribution is 7.80. The molecule has 0 radical (unpaired) electrons. The lowest BCUT2D eigenvalue weighted by Gasteiger charge is -2.26. The summed E-state index contributed by atoms with van der Waals surface area (Å²) in [5.74, 6) is -1.34. The van der Waals surface area contributed by atoms with Gasteiger partial charge in [-0.3, -0.25) is 30.5 Å². The van der Waals surface area contributed by atoms with E-state index in [9.17, 15) is 9.59 Å². The third kappa shape index (κ3) is 7.49. The van der Waals surface area contributed by atoms with E-state index in [1.807, 2.05) is 30.4 Å². The fourth-order valence-electron chi connectivity index (χ4n) is 3.39. The van der Waals surface area contributed by atoms with Gasteiger partial charge in [0.15, 0.2) is 0 Å². The summed E-state index contributed by atoms with van der Waals surface area (Å²) in [4.78, 5) is 27.2. The van der Waals surface area contributed by atoms with Gasteiger partial charge < -0.3 is 0 Å². The second-order valence-corrected chi connectivity index (χ2v) is 8.72. The van der Waals surface area contributed by atoms with Crippen LogP contribution in [0.2, 0.25) is 0 Å². The van der Waals surface area contributed by atoms with Gasteiger partial charge in [-0.05, 0) is 49.0 Å². The van der Waals surface area contributed by atoms with E-state index < -0.39 is 17.9 Å². The molecule has 8 nitrogen and oxygen atoms in total. The molecule has 2 aliphatic rings. The molecule has 0 aliphatic heterocycles. The van der Waals surface area contributed by atoms with Gasteiger partial charge in [-0.25, -0.2) is 0 Å². The first-order valence-electron chi connectivity index (χ1n) is 11.2. The van der Waals surface area contributed by atoms with Crippen LogP contribution < -0.4 is 10.9 Å². The lowest BCUT2D eigenvalue weighted by molar-refractivity contribution is -0.134. The fourth-order valence-corrected chi connectivity index (χ4v) is 3.82. The Kier molecular flexibility index (Phi) is 9.56. The van der Waals surface area contributed by atoms with E-state index in [1.54, 1.807) is 38.4 Å². The number of azo groups is 1. The number of nitrogens with zero attached hydrogens (tertiary/aromatic N) is 4.